The molecule has 1 aromatic carbocycles. The minimum Gasteiger partial charge on any atom is -0.195 e. The maximum absolute atomic E-state index is 12.8. The third kappa shape index (κ3) is 1.35. The minimum absolute atomic E-state index is 0.102. The van der Waals surface area contributed by atoms with Gasteiger partial charge < -0.3 is 0 Å². The van der Waals surface area contributed by atoms with E-state index in [-0.39, 0.29) is 5.13 Å². The third-order valence-corrected chi connectivity index (χ3v) is 3.27. The van der Waals surface area contributed by atoms with Gasteiger partial charge in [-0.3, -0.25) is 0 Å². The molecule has 0 saturated carbocycles. The topological polar surface area (TPSA) is 0 Å². The molecule has 62 valence electrons. The van der Waals surface area contributed by atoms with Crippen molar-refractivity contribution in [3.63, 3.8) is 0 Å². The van der Waals surface area contributed by atoms with Gasteiger partial charge in [0.15, 0.2) is 5.13 Å². The second kappa shape index (κ2) is 2.96. The molecule has 0 spiro atoms. The lowest BCUT2D eigenvalue weighted by molar-refractivity contribution is 0.658. The average molecular weight is 292 g/mol. The number of hydrogen-bond acceptors (Lipinski definition) is 1. The van der Waals surface area contributed by atoms with Crippen molar-refractivity contribution in [2.24, 2.45) is 0 Å². The van der Waals surface area contributed by atoms with Gasteiger partial charge in [0.2, 0.25) is 0 Å². The van der Waals surface area contributed by atoms with Crippen molar-refractivity contribution < 1.29 is 4.39 Å². The molecule has 0 atom stereocenters. The number of aryl methyl sites for hydroxylation is 1. The zero-order valence-corrected chi connectivity index (χ0v) is 9.37. The fraction of sp³-hybridized carbons (Fsp3) is 0.111. The van der Waals surface area contributed by atoms with Crippen molar-refractivity contribution in [2.45, 2.75) is 6.92 Å². The third-order valence-electron chi connectivity index (χ3n) is 1.78. The lowest BCUT2D eigenvalue weighted by Gasteiger charge is -1.95. The smallest absolute Gasteiger partial charge is 0.177 e. The number of halogens is 2. The molecule has 0 unspecified atom stereocenters. The molecule has 0 nitrogen and oxygen atoms in total. The number of hydrogen-bond donors (Lipinski definition) is 0. The summed E-state index contributed by atoms with van der Waals surface area (Å²) in [6.07, 6.45) is 0. The van der Waals surface area contributed by atoms with Gasteiger partial charge >= 0.3 is 0 Å². The highest BCUT2D eigenvalue weighted by atomic mass is 127. The van der Waals surface area contributed by atoms with Gasteiger partial charge in [-0.15, -0.1) is 11.3 Å². The summed E-state index contributed by atoms with van der Waals surface area (Å²) in [5.41, 5.74) is 1.15. The Bertz CT molecular complexity index is 433. The van der Waals surface area contributed by atoms with Crippen LogP contribution >= 0.6 is 33.9 Å². The van der Waals surface area contributed by atoms with Gasteiger partial charge in [-0.1, -0.05) is 0 Å². The van der Waals surface area contributed by atoms with Gasteiger partial charge in [0.05, 0.1) is 0 Å². The molecule has 0 bridgehead atoms. The Hall–Kier alpha value is -0.160. The molecule has 0 aliphatic rings. The van der Waals surface area contributed by atoms with Crippen molar-refractivity contribution in [3.05, 3.63) is 32.5 Å². The highest BCUT2D eigenvalue weighted by Crippen LogP contribution is 2.28. The van der Waals surface area contributed by atoms with E-state index in [4.69, 9.17) is 0 Å². The van der Waals surface area contributed by atoms with Crippen LogP contribution in [0.25, 0.3) is 10.1 Å². The SMILES string of the molecule is Cc1cc(I)cc2sc(F)cc12. The van der Waals surface area contributed by atoms with Crippen LogP contribution in [0.2, 0.25) is 0 Å². The Balaban J connectivity index is 2.88. The molecular formula is C9H6FIS. The maximum atomic E-state index is 12.8. The normalized spacial score (nSPS) is 10.9. The summed E-state index contributed by atoms with van der Waals surface area (Å²) in [5, 5.41) is 0.938. The first kappa shape index (κ1) is 8.44. The minimum atomic E-state index is -0.102. The summed E-state index contributed by atoms with van der Waals surface area (Å²) in [5.74, 6) is 0. The maximum Gasteiger partial charge on any atom is 0.177 e. The second-order valence-corrected chi connectivity index (χ2v) is 4.96. The van der Waals surface area contributed by atoms with Gasteiger partial charge in [0.1, 0.15) is 0 Å². The van der Waals surface area contributed by atoms with E-state index in [1.165, 1.54) is 14.9 Å². The summed E-state index contributed by atoms with van der Waals surface area (Å²) in [7, 11) is 0. The Morgan fingerprint density at radius 3 is 2.83 bits per heavy atom. The Labute approximate surface area is 87.5 Å². The van der Waals surface area contributed by atoms with Crippen LogP contribution in [0, 0.1) is 15.6 Å². The lowest BCUT2D eigenvalue weighted by Crippen LogP contribution is -1.75. The van der Waals surface area contributed by atoms with Crippen molar-refractivity contribution in [3.8, 4) is 0 Å². The number of rotatable bonds is 0. The highest BCUT2D eigenvalue weighted by Gasteiger charge is 2.04. The first-order valence-corrected chi connectivity index (χ1v) is 5.41. The van der Waals surface area contributed by atoms with E-state index in [1.54, 1.807) is 6.07 Å². The van der Waals surface area contributed by atoms with Gasteiger partial charge in [0, 0.05) is 8.27 Å². The van der Waals surface area contributed by atoms with Gasteiger partial charge in [0.25, 0.3) is 0 Å². The molecule has 0 N–H and O–H groups in total. The van der Waals surface area contributed by atoms with Crippen LogP contribution in [0.1, 0.15) is 5.56 Å². The summed E-state index contributed by atoms with van der Waals surface area (Å²) in [4.78, 5) is 0. The number of benzene rings is 1. The van der Waals surface area contributed by atoms with E-state index in [9.17, 15) is 4.39 Å². The molecule has 2 rings (SSSR count). The van der Waals surface area contributed by atoms with E-state index >= 15 is 0 Å². The fourth-order valence-electron chi connectivity index (χ4n) is 1.24. The monoisotopic (exact) mass is 292 g/mol. The van der Waals surface area contributed by atoms with Crippen LogP contribution < -0.4 is 0 Å². The summed E-state index contributed by atoms with van der Waals surface area (Å²) in [6, 6.07) is 5.68. The summed E-state index contributed by atoms with van der Waals surface area (Å²) in [6.45, 7) is 2.01. The van der Waals surface area contributed by atoms with Gasteiger partial charge in [-0.05, 0) is 58.7 Å². The molecule has 3 heteroatoms. The molecule has 0 fully saturated rings. The largest absolute Gasteiger partial charge is 0.195 e. The molecule has 1 aromatic heterocycles. The highest BCUT2D eigenvalue weighted by molar-refractivity contribution is 14.1. The van der Waals surface area contributed by atoms with Crippen molar-refractivity contribution in [2.75, 3.05) is 0 Å². The summed E-state index contributed by atoms with van der Waals surface area (Å²) < 4.78 is 15.1. The Kier molecular flexibility index (Phi) is 2.08. The number of thiophene rings is 1. The van der Waals surface area contributed by atoms with Gasteiger partial charge in [-0.2, -0.15) is 4.39 Å². The molecule has 0 saturated heterocycles. The second-order valence-electron chi connectivity index (χ2n) is 2.69. The molecule has 1 heterocycles. The van der Waals surface area contributed by atoms with Crippen LogP contribution in [0.15, 0.2) is 18.2 Å². The van der Waals surface area contributed by atoms with Crippen LogP contribution in [0.4, 0.5) is 4.39 Å². The quantitative estimate of drug-likeness (QED) is 0.645. The predicted octanol–water partition coefficient (Wildman–Crippen LogP) is 3.95. The van der Waals surface area contributed by atoms with Crippen LogP contribution in [-0.4, -0.2) is 0 Å². The molecule has 12 heavy (non-hydrogen) atoms. The first-order chi connectivity index (χ1) is 5.66. The van der Waals surface area contributed by atoms with Crippen molar-refractivity contribution in [1.29, 1.82) is 0 Å². The van der Waals surface area contributed by atoms with Crippen molar-refractivity contribution in [1.82, 2.24) is 0 Å². The fourth-order valence-corrected chi connectivity index (χ4v) is 3.13. The first-order valence-electron chi connectivity index (χ1n) is 3.52. The molecule has 0 amide bonds. The number of fused-ring (bicyclic) bond motifs is 1. The van der Waals surface area contributed by atoms with E-state index in [0.717, 1.165) is 15.6 Å². The van der Waals surface area contributed by atoms with Crippen LogP contribution in [-0.2, 0) is 0 Å². The molecule has 0 aliphatic carbocycles. The molecule has 0 aliphatic heterocycles. The van der Waals surface area contributed by atoms with E-state index in [0.29, 0.717) is 0 Å². The lowest BCUT2D eigenvalue weighted by atomic mass is 10.2. The van der Waals surface area contributed by atoms with Gasteiger partial charge in [-0.25, -0.2) is 0 Å². The molecule has 0 radical (unpaired) electrons. The van der Waals surface area contributed by atoms with E-state index < -0.39 is 0 Å². The van der Waals surface area contributed by atoms with E-state index in [2.05, 4.69) is 28.7 Å². The zero-order chi connectivity index (χ0) is 8.72. The van der Waals surface area contributed by atoms with Crippen molar-refractivity contribution >= 4 is 44.0 Å². The summed E-state index contributed by atoms with van der Waals surface area (Å²) >= 11 is 3.46. The van der Waals surface area contributed by atoms with Crippen LogP contribution in [0.3, 0.4) is 0 Å². The standard InChI is InChI=1S/C9H6FIS/c1-5-2-6(11)3-8-7(5)4-9(10)12-8/h2-4H,1H3. The molecular weight excluding hydrogens is 286 g/mol. The zero-order valence-electron chi connectivity index (χ0n) is 6.40. The Morgan fingerprint density at radius 2 is 2.08 bits per heavy atom. The van der Waals surface area contributed by atoms with Crippen LogP contribution in [0.5, 0.6) is 0 Å². The van der Waals surface area contributed by atoms with E-state index in [1.807, 2.05) is 13.0 Å². The molecule has 2 aromatic rings. The Morgan fingerprint density at radius 1 is 1.33 bits per heavy atom. The predicted molar refractivity (Wildman–Crippen MR) is 59.2 cm³/mol. The average Bonchev–Trinajstić information content (AvgIpc) is 2.29.